The number of carbonyl (C=O) groups excluding carboxylic acids is 1. The molecule has 6 nitrogen and oxygen atoms in total. The Morgan fingerprint density at radius 1 is 1.17 bits per heavy atom. The molecule has 0 aliphatic carbocycles. The van der Waals surface area contributed by atoms with Gasteiger partial charge >= 0.3 is 0 Å². The number of ether oxygens (including phenoxy) is 1. The fourth-order valence-corrected chi connectivity index (χ4v) is 4.29. The minimum Gasteiger partial charge on any atom is -0.497 e. The first-order valence-electron chi connectivity index (χ1n) is 9.08. The van der Waals surface area contributed by atoms with Crippen molar-refractivity contribution in [3.8, 4) is 17.1 Å². The lowest BCUT2D eigenvalue weighted by atomic mass is 10.2. The smallest absolute Gasteiger partial charge is 0.251 e. The number of amides is 1. The fraction of sp³-hybridized carbons (Fsp3) is 0.190. The van der Waals surface area contributed by atoms with Gasteiger partial charge in [-0.25, -0.2) is 4.52 Å². The van der Waals surface area contributed by atoms with Crippen LogP contribution in [-0.4, -0.2) is 34.2 Å². The third kappa shape index (κ3) is 4.18. The maximum Gasteiger partial charge on any atom is 0.251 e. The van der Waals surface area contributed by atoms with E-state index in [2.05, 4.69) is 31.3 Å². The van der Waals surface area contributed by atoms with Gasteiger partial charge in [0.2, 0.25) is 4.96 Å². The fourth-order valence-electron chi connectivity index (χ4n) is 2.97. The van der Waals surface area contributed by atoms with Crippen molar-refractivity contribution in [3.05, 3.63) is 69.1 Å². The Bertz CT molecular complexity index is 1150. The second-order valence-electron chi connectivity index (χ2n) is 6.48. The lowest BCUT2D eigenvalue weighted by molar-refractivity contribution is 0.0954. The first-order chi connectivity index (χ1) is 14.0. The highest BCUT2D eigenvalue weighted by Crippen LogP contribution is 2.26. The summed E-state index contributed by atoms with van der Waals surface area (Å²) >= 11 is 4.98. The van der Waals surface area contributed by atoms with E-state index in [1.54, 1.807) is 30.6 Å². The van der Waals surface area contributed by atoms with Gasteiger partial charge in [0.25, 0.3) is 5.91 Å². The zero-order valence-electron chi connectivity index (χ0n) is 16.0. The number of methoxy groups -OCH3 is 1. The Hall–Kier alpha value is -2.71. The number of rotatable bonds is 6. The summed E-state index contributed by atoms with van der Waals surface area (Å²) in [5, 5.41) is 7.61. The number of nitrogens with zero attached hydrogens (tertiary/aromatic N) is 3. The van der Waals surface area contributed by atoms with Crippen LogP contribution in [-0.2, 0) is 6.42 Å². The summed E-state index contributed by atoms with van der Waals surface area (Å²) in [6.45, 7) is 2.59. The molecule has 0 saturated carbocycles. The van der Waals surface area contributed by atoms with E-state index in [9.17, 15) is 4.79 Å². The molecule has 0 bridgehead atoms. The van der Waals surface area contributed by atoms with Crippen molar-refractivity contribution >= 4 is 38.1 Å². The molecule has 0 saturated heterocycles. The van der Waals surface area contributed by atoms with Gasteiger partial charge in [0.1, 0.15) is 5.75 Å². The van der Waals surface area contributed by atoms with Gasteiger partial charge in [-0.2, -0.15) is 4.98 Å². The van der Waals surface area contributed by atoms with E-state index >= 15 is 0 Å². The van der Waals surface area contributed by atoms with Gasteiger partial charge in [-0.05, 0) is 55.5 Å². The third-order valence-corrected chi connectivity index (χ3v) is 6.33. The van der Waals surface area contributed by atoms with Crippen molar-refractivity contribution in [3.63, 3.8) is 0 Å². The number of carbonyl (C=O) groups is 1. The third-order valence-electron chi connectivity index (χ3n) is 4.61. The van der Waals surface area contributed by atoms with Crippen LogP contribution in [0.5, 0.6) is 5.75 Å². The monoisotopic (exact) mass is 470 g/mol. The lowest BCUT2D eigenvalue weighted by Crippen LogP contribution is -2.25. The molecule has 0 fully saturated rings. The van der Waals surface area contributed by atoms with Crippen molar-refractivity contribution in [1.29, 1.82) is 0 Å². The summed E-state index contributed by atoms with van der Waals surface area (Å²) in [4.78, 5) is 18.9. The normalized spacial score (nSPS) is 11.0. The molecule has 0 aliphatic heterocycles. The average molecular weight is 471 g/mol. The molecule has 0 spiro atoms. The molecule has 4 rings (SSSR count). The number of fused-ring (bicyclic) bond motifs is 1. The molecule has 8 heteroatoms. The van der Waals surface area contributed by atoms with Crippen LogP contribution in [0.4, 0.5) is 0 Å². The molecule has 29 heavy (non-hydrogen) atoms. The molecule has 0 unspecified atom stereocenters. The Morgan fingerprint density at radius 2 is 1.90 bits per heavy atom. The number of benzene rings is 2. The molecule has 2 heterocycles. The van der Waals surface area contributed by atoms with Gasteiger partial charge in [-0.1, -0.05) is 27.3 Å². The van der Waals surface area contributed by atoms with Crippen LogP contribution in [0.25, 0.3) is 16.3 Å². The van der Waals surface area contributed by atoms with Crippen molar-refractivity contribution in [2.75, 3.05) is 13.7 Å². The quantitative estimate of drug-likeness (QED) is 0.450. The topological polar surface area (TPSA) is 68.5 Å². The van der Waals surface area contributed by atoms with Gasteiger partial charge in [0.15, 0.2) is 5.82 Å². The standard InChI is InChI=1S/C21H19BrN4O2S/c1-13-18(11-12-23-20(27)15-3-7-16(22)8-4-15)29-21-24-19(25-26(13)21)14-5-9-17(28-2)10-6-14/h3-10H,11-12H2,1-2H3,(H,23,27). The van der Waals surface area contributed by atoms with Gasteiger partial charge in [-0.3, -0.25) is 4.79 Å². The van der Waals surface area contributed by atoms with Gasteiger partial charge in [0.05, 0.1) is 12.8 Å². The molecule has 4 aromatic rings. The average Bonchev–Trinajstić information content (AvgIpc) is 3.28. The minimum absolute atomic E-state index is 0.0728. The maximum absolute atomic E-state index is 12.2. The molecule has 1 N–H and O–H groups in total. The Kier molecular flexibility index (Phi) is 5.64. The van der Waals surface area contributed by atoms with E-state index in [0.717, 1.165) is 37.7 Å². The summed E-state index contributed by atoms with van der Waals surface area (Å²) in [6.07, 6.45) is 0.738. The highest BCUT2D eigenvalue weighted by molar-refractivity contribution is 9.10. The summed E-state index contributed by atoms with van der Waals surface area (Å²) in [7, 11) is 1.64. The number of hydrogen-bond acceptors (Lipinski definition) is 5. The minimum atomic E-state index is -0.0728. The number of hydrogen-bond donors (Lipinski definition) is 1. The number of thiazole rings is 1. The van der Waals surface area contributed by atoms with Crippen molar-refractivity contribution in [2.24, 2.45) is 0 Å². The Morgan fingerprint density at radius 3 is 2.55 bits per heavy atom. The van der Waals surface area contributed by atoms with Crippen LogP contribution >= 0.6 is 27.3 Å². The maximum atomic E-state index is 12.2. The molecular weight excluding hydrogens is 452 g/mol. The molecule has 148 valence electrons. The second-order valence-corrected chi connectivity index (χ2v) is 8.46. The summed E-state index contributed by atoms with van der Waals surface area (Å²) in [5.41, 5.74) is 2.65. The first kappa shape index (κ1) is 19.6. The number of halogens is 1. The predicted octanol–water partition coefficient (Wildman–Crippen LogP) is 4.51. The molecule has 0 aliphatic rings. The van der Waals surface area contributed by atoms with Gasteiger partial charge in [-0.15, -0.1) is 5.10 Å². The van der Waals surface area contributed by atoms with Crippen LogP contribution in [0.1, 0.15) is 20.9 Å². The number of aromatic nitrogens is 3. The molecule has 0 radical (unpaired) electrons. The summed E-state index contributed by atoms with van der Waals surface area (Å²) in [5.74, 6) is 1.42. The van der Waals surface area contributed by atoms with Crippen molar-refractivity contribution < 1.29 is 9.53 Å². The van der Waals surface area contributed by atoms with Crippen LogP contribution in [0.3, 0.4) is 0 Å². The molecular formula is C21H19BrN4O2S. The van der Waals surface area contributed by atoms with E-state index in [-0.39, 0.29) is 5.91 Å². The SMILES string of the molecule is COc1ccc(-c2nc3sc(CCNC(=O)c4ccc(Br)cc4)c(C)n3n2)cc1. The van der Waals surface area contributed by atoms with E-state index < -0.39 is 0 Å². The number of nitrogens with one attached hydrogen (secondary N) is 1. The van der Waals surface area contributed by atoms with E-state index in [1.807, 2.05) is 47.8 Å². The lowest BCUT2D eigenvalue weighted by Gasteiger charge is -2.05. The molecule has 2 aromatic carbocycles. The van der Waals surface area contributed by atoms with Gasteiger partial charge < -0.3 is 10.1 Å². The van der Waals surface area contributed by atoms with Crippen molar-refractivity contribution in [2.45, 2.75) is 13.3 Å². The molecule has 2 aromatic heterocycles. The Labute approximate surface area is 180 Å². The molecule has 0 atom stereocenters. The zero-order chi connectivity index (χ0) is 20.4. The van der Waals surface area contributed by atoms with Crippen LogP contribution in [0.15, 0.2) is 53.0 Å². The van der Waals surface area contributed by atoms with Crippen LogP contribution < -0.4 is 10.1 Å². The second kappa shape index (κ2) is 8.34. The summed E-state index contributed by atoms with van der Waals surface area (Å²) in [6, 6.07) is 15.0. The molecule has 1 amide bonds. The first-order valence-corrected chi connectivity index (χ1v) is 10.7. The van der Waals surface area contributed by atoms with E-state index in [1.165, 1.54) is 0 Å². The Balaban J connectivity index is 1.43. The van der Waals surface area contributed by atoms with E-state index in [4.69, 9.17) is 4.74 Å². The highest BCUT2D eigenvalue weighted by Gasteiger charge is 2.15. The van der Waals surface area contributed by atoms with Crippen molar-refractivity contribution in [1.82, 2.24) is 19.9 Å². The number of aryl methyl sites for hydroxylation is 1. The zero-order valence-corrected chi connectivity index (χ0v) is 18.4. The summed E-state index contributed by atoms with van der Waals surface area (Å²) < 4.78 is 8.02. The van der Waals surface area contributed by atoms with E-state index in [0.29, 0.717) is 17.9 Å². The van der Waals surface area contributed by atoms with Gasteiger partial charge in [0, 0.05) is 33.4 Å². The largest absolute Gasteiger partial charge is 0.497 e. The van der Waals surface area contributed by atoms with Crippen LogP contribution in [0.2, 0.25) is 0 Å². The highest BCUT2D eigenvalue weighted by atomic mass is 79.9. The predicted molar refractivity (Wildman–Crippen MR) is 118 cm³/mol. The van der Waals surface area contributed by atoms with Crippen LogP contribution in [0, 0.1) is 6.92 Å².